The van der Waals surface area contributed by atoms with Crippen molar-refractivity contribution in [3.8, 4) is 5.75 Å². The number of rotatable bonds is 4. The summed E-state index contributed by atoms with van der Waals surface area (Å²) in [6.07, 6.45) is -0.907. The quantitative estimate of drug-likeness (QED) is 0.570. The molecule has 2 heterocycles. The molecule has 6 nitrogen and oxygen atoms in total. The van der Waals surface area contributed by atoms with Crippen molar-refractivity contribution in [3.05, 3.63) is 89.4 Å². The van der Waals surface area contributed by atoms with Gasteiger partial charge in [0.15, 0.2) is 6.10 Å². The number of nitrogens with zero attached hydrogens (tertiary/aromatic N) is 2. The minimum absolute atomic E-state index is 0.290. The standard InChI is InChI=1S/C24H19ClN2O4/c1-30-19-13-11-18(12-14-19)27-21(15-5-3-2-4-6-15)20-22(31-27)24(29)26(23(20)28)17-9-7-16(25)8-10-17/h2-14,20-22H,1H3/t20-,21-,22-/m0/s1. The molecule has 2 amide bonds. The third-order valence-electron chi connectivity index (χ3n) is 5.67. The van der Waals surface area contributed by atoms with E-state index >= 15 is 0 Å². The highest BCUT2D eigenvalue weighted by atomic mass is 35.5. The molecule has 2 aliphatic heterocycles. The number of hydroxylamine groups is 1. The van der Waals surface area contributed by atoms with Gasteiger partial charge < -0.3 is 4.74 Å². The molecule has 0 spiro atoms. The predicted molar refractivity (Wildman–Crippen MR) is 117 cm³/mol. The summed E-state index contributed by atoms with van der Waals surface area (Å²) in [4.78, 5) is 34.1. The molecule has 0 aromatic heterocycles. The van der Waals surface area contributed by atoms with Gasteiger partial charge in [-0.15, -0.1) is 0 Å². The van der Waals surface area contributed by atoms with Crippen molar-refractivity contribution in [2.75, 3.05) is 17.1 Å². The second-order valence-corrected chi connectivity index (χ2v) is 7.86. The second-order valence-electron chi connectivity index (χ2n) is 7.42. The predicted octanol–water partition coefficient (Wildman–Crippen LogP) is 4.40. The summed E-state index contributed by atoms with van der Waals surface area (Å²) in [6, 6.07) is 23.1. The number of imide groups is 1. The van der Waals surface area contributed by atoms with E-state index in [0.29, 0.717) is 16.5 Å². The Labute approximate surface area is 184 Å². The number of ether oxygens (including phenoxy) is 1. The minimum Gasteiger partial charge on any atom is -0.497 e. The Bertz CT molecular complexity index is 1120. The highest BCUT2D eigenvalue weighted by Crippen LogP contribution is 2.47. The van der Waals surface area contributed by atoms with Crippen LogP contribution in [0.25, 0.3) is 0 Å². The zero-order chi connectivity index (χ0) is 21.5. The number of halogens is 1. The smallest absolute Gasteiger partial charge is 0.266 e. The molecule has 0 aliphatic carbocycles. The van der Waals surface area contributed by atoms with Gasteiger partial charge in [-0.3, -0.25) is 14.4 Å². The van der Waals surface area contributed by atoms with Crippen LogP contribution in [0.4, 0.5) is 11.4 Å². The summed E-state index contributed by atoms with van der Waals surface area (Å²) in [5.41, 5.74) is 2.12. The molecule has 2 fully saturated rings. The summed E-state index contributed by atoms with van der Waals surface area (Å²) < 4.78 is 5.24. The van der Waals surface area contributed by atoms with Crippen LogP contribution in [-0.2, 0) is 14.4 Å². The van der Waals surface area contributed by atoms with Gasteiger partial charge in [0, 0.05) is 5.02 Å². The van der Waals surface area contributed by atoms with E-state index in [2.05, 4.69) is 0 Å². The van der Waals surface area contributed by atoms with Gasteiger partial charge >= 0.3 is 0 Å². The number of anilines is 2. The van der Waals surface area contributed by atoms with Crippen molar-refractivity contribution in [3.63, 3.8) is 0 Å². The summed E-state index contributed by atoms with van der Waals surface area (Å²) >= 11 is 5.97. The largest absolute Gasteiger partial charge is 0.497 e. The first-order valence-electron chi connectivity index (χ1n) is 9.87. The summed E-state index contributed by atoms with van der Waals surface area (Å²) in [5, 5.41) is 2.20. The van der Waals surface area contributed by atoms with Crippen LogP contribution in [-0.4, -0.2) is 25.0 Å². The lowest BCUT2D eigenvalue weighted by Crippen LogP contribution is -2.37. The van der Waals surface area contributed by atoms with E-state index in [-0.39, 0.29) is 11.8 Å². The topological polar surface area (TPSA) is 59.1 Å². The maximum atomic E-state index is 13.5. The third kappa shape index (κ3) is 3.24. The third-order valence-corrected chi connectivity index (χ3v) is 5.92. The molecule has 7 heteroatoms. The van der Waals surface area contributed by atoms with Crippen LogP contribution in [0.2, 0.25) is 5.02 Å². The van der Waals surface area contributed by atoms with Gasteiger partial charge in [-0.25, -0.2) is 9.96 Å². The van der Waals surface area contributed by atoms with E-state index in [1.807, 2.05) is 54.6 Å². The van der Waals surface area contributed by atoms with Crippen LogP contribution < -0.4 is 14.7 Å². The van der Waals surface area contributed by atoms with Crippen LogP contribution in [0.3, 0.4) is 0 Å². The molecule has 31 heavy (non-hydrogen) atoms. The first-order valence-corrected chi connectivity index (χ1v) is 10.2. The van der Waals surface area contributed by atoms with Crippen molar-refractivity contribution in [1.29, 1.82) is 0 Å². The van der Waals surface area contributed by atoms with E-state index in [9.17, 15) is 9.59 Å². The minimum atomic E-state index is -0.907. The van der Waals surface area contributed by atoms with E-state index in [1.54, 1.807) is 36.4 Å². The lowest BCUT2D eigenvalue weighted by Gasteiger charge is -2.28. The number of methoxy groups -OCH3 is 1. The Balaban J connectivity index is 1.55. The SMILES string of the molecule is COc1ccc(N2O[C@@H]3C(=O)N(c4ccc(Cl)cc4)C(=O)[C@H]3[C@@H]2c2ccccc2)cc1. The van der Waals surface area contributed by atoms with Crippen molar-refractivity contribution in [2.45, 2.75) is 12.1 Å². The zero-order valence-corrected chi connectivity index (χ0v) is 17.4. The molecule has 2 aliphatic rings. The number of amides is 2. The Morgan fingerprint density at radius 2 is 1.48 bits per heavy atom. The molecule has 0 radical (unpaired) electrons. The molecular weight excluding hydrogens is 416 g/mol. The fourth-order valence-corrected chi connectivity index (χ4v) is 4.33. The van der Waals surface area contributed by atoms with Crippen molar-refractivity contribution < 1.29 is 19.2 Å². The maximum Gasteiger partial charge on any atom is 0.266 e. The van der Waals surface area contributed by atoms with Crippen molar-refractivity contribution in [2.24, 2.45) is 5.92 Å². The fraction of sp³-hybridized carbons (Fsp3) is 0.167. The molecule has 3 aromatic carbocycles. The Morgan fingerprint density at radius 3 is 2.13 bits per heavy atom. The zero-order valence-electron chi connectivity index (χ0n) is 16.6. The average molecular weight is 435 g/mol. The second kappa shape index (κ2) is 7.72. The molecule has 156 valence electrons. The van der Waals surface area contributed by atoms with Crippen LogP contribution in [0.15, 0.2) is 78.9 Å². The molecule has 2 saturated heterocycles. The monoisotopic (exact) mass is 434 g/mol. The van der Waals surface area contributed by atoms with Gasteiger partial charge in [0.2, 0.25) is 5.91 Å². The Hall–Kier alpha value is -3.35. The Morgan fingerprint density at radius 1 is 0.839 bits per heavy atom. The van der Waals surface area contributed by atoms with Crippen LogP contribution in [0.5, 0.6) is 5.75 Å². The van der Waals surface area contributed by atoms with E-state index in [1.165, 1.54) is 4.90 Å². The summed E-state index contributed by atoms with van der Waals surface area (Å²) in [5.74, 6) is -0.635. The number of hydrogen-bond acceptors (Lipinski definition) is 5. The first-order chi connectivity index (χ1) is 15.1. The molecule has 0 bridgehead atoms. The lowest BCUT2D eigenvalue weighted by molar-refractivity contribution is -0.126. The molecular formula is C24H19ClN2O4. The van der Waals surface area contributed by atoms with E-state index in [0.717, 1.165) is 11.3 Å². The average Bonchev–Trinajstić information content (AvgIpc) is 3.31. The van der Waals surface area contributed by atoms with Crippen molar-refractivity contribution >= 4 is 34.8 Å². The Kier molecular flexibility index (Phi) is 4.88. The summed E-state index contributed by atoms with van der Waals surface area (Å²) in [7, 11) is 1.60. The van der Waals surface area contributed by atoms with Crippen LogP contribution in [0, 0.1) is 5.92 Å². The van der Waals surface area contributed by atoms with Crippen LogP contribution in [0.1, 0.15) is 11.6 Å². The summed E-state index contributed by atoms with van der Waals surface area (Å²) in [6.45, 7) is 0. The molecule has 3 atom stereocenters. The van der Waals surface area contributed by atoms with Crippen LogP contribution >= 0.6 is 11.6 Å². The molecule has 0 saturated carbocycles. The lowest BCUT2D eigenvalue weighted by atomic mass is 9.90. The fourth-order valence-electron chi connectivity index (χ4n) is 4.20. The van der Waals surface area contributed by atoms with Gasteiger partial charge in [0.05, 0.1) is 24.5 Å². The number of hydrogen-bond donors (Lipinski definition) is 0. The van der Waals surface area contributed by atoms with Crippen molar-refractivity contribution in [1.82, 2.24) is 0 Å². The number of carbonyl (C=O) groups excluding carboxylic acids is 2. The molecule has 5 rings (SSSR count). The highest BCUT2D eigenvalue weighted by Gasteiger charge is 2.60. The van der Waals surface area contributed by atoms with Gasteiger partial charge in [-0.2, -0.15) is 0 Å². The van der Waals surface area contributed by atoms with Gasteiger partial charge in [-0.1, -0.05) is 41.9 Å². The number of carbonyl (C=O) groups is 2. The van der Waals surface area contributed by atoms with Gasteiger partial charge in [0.1, 0.15) is 11.7 Å². The maximum absolute atomic E-state index is 13.5. The molecule has 0 N–H and O–H groups in total. The number of benzene rings is 3. The molecule has 0 unspecified atom stereocenters. The number of fused-ring (bicyclic) bond motifs is 1. The van der Waals surface area contributed by atoms with Gasteiger partial charge in [0.25, 0.3) is 5.91 Å². The van der Waals surface area contributed by atoms with E-state index < -0.39 is 18.1 Å². The van der Waals surface area contributed by atoms with Gasteiger partial charge in [-0.05, 0) is 54.1 Å². The normalized spacial score (nSPS) is 22.7. The molecule has 3 aromatic rings. The van der Waals surface area contributed by atoms with E-state index in [4.69, 9.17) is 21.2 Å². The highest BCUT2D eigenvalue weighted by molar-refractivity contribution is 6.31. The first kappa shape index (κ1) is 19.6.